The van der Waals surface area contributed by atoms with Crippen molar-refractivity contribution in [3.63, 3.8) is 0 Å². The van der Waals surface area contributed by atoms with Crippen molar-refractivity contribution in [2.75, 3.05) is 13.2 Å². The fraction of sp³-hybridized carbons (Fsp3) is 0.476. The summed E-state index contributed by atoms with van der Waals surface area (Å²) in [5.74, 6) is 0.222. The number of para-hydroxylation sites is 1. The van der Waals surface area contributed by atoms with Crippen LogP contribution in [0.25, 0.3) is 0 Å². The van der Waals surface area contributed by atoms with E-state index in [2.05, 4.69) is 10.1 Å². The SMILES string of the molecule is CCCOC(=O)C(C)NP(OCC1CCC(n2ccc(=O)[nH]c2=O)O1)Oc1ccccc1. The summed E-state index contributed by atoms with van der Waals surface area (Å²) in [7, 11) is -1.67. The molecule has 0 aliphatic carbocycles. The summed E-state index contributed by atoms with van der Waals surface area (Å²) in [5, 5.41) is 3.05. The van der Waals surface area contributed by atoms with E-state index in [0.29, 0.717) is 25.2 Å². The zero-order chi connectivity index (χ0) is 22.9. The van der Waals surface area contributed by atoms with Gasteiger partial charge in [-0.3, -0.25) is 19.1 Å². The van der Waals surface area contributed by atoms with Gasteiger partial charge >= 0.3 is 20.2 Å². The lowest BCUT2D eigenvalue weighted by atomic mass is 10.2. The summed E-state index contributed by atoms with van der Waals surface area (Å²) < 4.78 is 24.3. The molecule has 0 spiro atoms. The van der Waals surface area contributed by atoms with Crippen molar-refractivity contribution in [1.82, 2.24) is 14.6 Å². The van der Waals surface area contributed by atoms with E-state index in [1.54, 1.807) is 19.1 Å². The summed E-state index contributed by atoms with van der Waals surface area (Å²) >= 11 is 0. The Morgan fingerprint density at radius 1 is 1.28 bits per heavy atom. The first-order valence-electron chi connectivity index (χ1n) is 10.5. The number of H-pyrrole nitrogens is 1. The molecular formula is C21H28N3O7P. The number of carbonyl (C=O) groups excluding carboxylic acids is 1. The maximum atomic E-state index is 12.1. The monoisotopic (exact) mass is 465 g/mol. The highest BCUT2D eigenvalue weighted by Gasteiger charge is 2.30. The van der Waals surface area contributed by atoms with Gasteiger partial charge < -0.3 is 18.5 Å². The van der Waals surface area contributed by atoms with Crippen molar-refractivity contribution in [1.29, 1.82) is 0 Å². The average Bonchev–Trinajstić information content (AvgIpc) is 3.25. The normalized spacial score (nSPS) is 19.9. The van der Waals surface area contributed by atoms with Crippen LogP contribution in [0.2, 0.25) is 0 Å². The van der Waals surface area contributed by atoms with Gasteiger partial charge in [-0.15, -0.1) is 0 Å². The molecule has 3 rings (SSSR count). The molecule has 32 heavy (non-hydrogen) atoms. The molecule has 4 atom stereocenters. The number of benzene rings is 1. The molecule has 0 bridgehead atoms. The van der Waals surface area contributed by atoms with Crippen molar-refractivity contribution in [2.45, 2.75) is 51.5 Å². The minimum atomic E-state index is -1.67. The van der Waals surface area contributed by atoms with Crippen LogP contribution in [0, 0.1) is 0 Å². The standard InChI is InChI=1S/C21H28N3O7P/c1-3-13-28-20(26)15(2)23-32(31-16-7-5-4-6-8-16)29-14-17-9-10-19(30-17)24-12-11-18(25)22-21(24)27/h4-8,11-12,15,17,19,23H,3,9-10,13-14H2,1-2H3,(H,22,25,27). The fourth-order valence-corrected chi connectivity index (χ4v) is 4.24. The molecule has 4 unspecified atom stereocenters. The second-order valence-electron chi connectivity index (χ2n) is 7.28. The van der Waals surface area contributed by atoms with Gasteiger partial charge in [0.05, 0.1) is 19.3 Å². The molecule has 2 N–H and O–H groups in total. The van der Waals surface area contributed by atoms with Crippen LogP contribution < -0.4 is 20.9 Å². The molecule has 1 aliphatic heterocycles. The maximum absolute atomic E-state index is 12.1. The van der Waals surface area contributed by atoms with Crippen LogP contribution in [0.4, 0.5) is 0 Å². The number of hydrogen-bond donors (Lipinski definition) is 2. The van der Waals surface area contributed by atoms with E-state index in [-0.39, 0.29) is 18.7 Å². The van der Waals surface area contributed by atoms with Gasteiger partial charge in [0.15, 0.2) is 0 Å². The Morgan fingerprint density at radius 3 is 2.78 bits per heavy atom. The Bertz CT molecular complexity index is 981. The molecule has 2 aromatic rings. The largest absolute Gasteiger partial charge is 0.465 e. The number of nitrogens with one attached hydrogen (secondary N) is 2. The summed E-state index contributed by atoms with van der Waals surface area (Å²) in [5.41, 5.74) is -0.967. The number of aromatic nitrogens is 2. The first kappa shape index (κ1) is 24.1. The number of carbonyl (C=O) groups is 1. The van der Waals surface area contributed by atoms with E-state index in [9.17, 15) is 14.4 Å². The van der Waals surface area contributed by atoms with Gasteiger partial charge in [-0.05, 0) is 38.3 Å². The van der Waals surface area contributed by atoms with E-state index in [4.69, 9.17) is 18.5 Å². The molecule has 0 amide bonds. The molecule has 1 aromatic carbocycles. The highest BCUT2D eigenvalue weighted by Crippen LogP contribution is 2.38. The van der Waals surface area contributed by atoms with Gasteiger partial charge in [0.1, 0.15) is 18.0 Å². The molecule has 1 aromatic heterocycles. The van der Waals surface area contributed by atoms with Gasteiger partial charge in [-0.1, -0.05) is 25.1 Å². The lowest BCUT2D eigenvalue weighted by Crippen LogP contribution is -2.34. The number of esters is 1. The molecule has 10 nitrogen and oxygen atoms in total. The lowest BCUT2D eigenvalue weighted by Gasteiger charge is -2.23. The molecular weight excluding hydrogens is 437 g/mol. The summed E-state index contributed by atoms with van der Waals surface area (Å²) in [6, 6.07) is 9.82. The highest BCUT2D eigenvalue weighted by molar-refractivity contribution is 7.45. The zero-order valence-electron chi connectivity index (χ0n) is 18.1. The Balaban J connectivity index is 1.58. The van der Waals surface area contributed by atoms with Crippen molar-refractivity contribution >= 4 is 14.5 Å². The van der Waals surface area contributed by atoms with Crippen LogP contribution in [0.1, 0.15) is 39.3 Å². The van der Waals surface area contributed by atoms with Gasteiger partial charge in [0, 0.05) is 12.3 Å². The van der Waals surface area contributed by atoms with E-state index in [1.165, 1.54) is 16.8 Å². The van der Waals surface area contributed by atoms with Crippen LogP contribution in [-0.2, 0) is 18.8 Å². The minimum Gasteiger partial charge on any atom is -0.465 e. The third-order valence-corrected chi connectivity index (χ3v) is 6.02. The van der Waals surface area contributed by atoms with E-state index >= 15 is 0 Å². The molecule has 1 saturated heterocycles. The third kappa shape index (κ3) is 7.00. The van der Waals surface area contributed by atoms with Crippen LogP contribution >= 0.6 is 8.53 Å². The first-order chi connectivity index (χ1) is 15.5. The van der Waals surface area contributed by atoms with E-state index < -0.39 is 32.0 Å². The Labute approximate surface area is 186 Å². The quantitative estimate of drug-likeness (QED) is 0.384. The molecule has 11 heteroatoms. The van der Waals surface area contributed by atoms with E-state index in [1.807, 2.05) is 25.1 Å². The third-order valence-electron chi connectivity index (χ3n) is 4.66. The Hall–Kier alpha value is -2.52. The Morgan fingerprint density at radius 2 is 2.06 bits per heavy atom. The molecule has 0 radical (unpaired) electrons. The lowest BCUT2D eigenvalue weighted by molar-refractivity contribution is -0.145. The van der Waals surface area contributed by atoms with Crippen LogP contribution in [0.3, 0.4) is 0 Å². The number of ether oxygens (including phenoxy) is 2. The number of aromatic amines is 1. The van der Waals surface area contributed by atoms with Crippen LogP contribution in [-0.4, -0.2) is 40.9 Å². The van der Waals surface area contributed by atoms with Gasteiger partial charge in [-0.25, -0.2) is 9.88 Å². The highest BCUT2D eigenvalue weighted by atomic mass is 31.2. The topological polar surface area (TPSA) is 121 Å². The summed E-state index contributed by atoms with van der Waals surface area (Å²) in [6.45, 7) is 4.17. The number of nitrogens with zero attached hydrogens (tertiary/aromatic N) is 1. The number of hydrogen-bond acceptors (Lipinski definition) is 8. The van der Waals surface area contributed by atoms with Crippen molar-refractivity contribution in [2.24, 2.45) is 0 Å². The smallest absolute Gasteiger partial charge is 0.330 e. The molecule has 1 aliphatic rings. The van der Waals surface area contributed by atoms with Crippen LogP contribution in [0.5, 0.6) is 5.75 Å². The predicted molar refractivity (Wildman–Crippen MR) is 118 cm³/mol. The maximum Gasteiger partial charge on any atom is 0.330 e. The molecule has 0 saturated carbocycles. The van der Waals surface area contributed by atoms with Gasteiger partial charge in [0.2, 0.25) is 0 Å². The van der Waals surface area contributed by atoms with Gasteiger partial charge in [-0.2, -0.15) is 0 Å². The first-order valence-corrected chi connectivity index (χ1v) is 11.7. The van der Waals surface area contributed by atoms with Crippen LogP contribution in [0.15, 0.2) is 52.2 Å². The van der Waals surface area contributed by atoms with E-state index in [0.717, 1.165) is 6.42 Å². The molecule has 174 valence electrons. The molecule has 1 fully saturated rings. The van der Waals surface area contributed by atoms with Crippen molar-refractivity contribution < 1.29 is 23.3 Å². The second-order valence-corrected chi connectivity index (χ2v) is 8.50. The van der Waals surface area contributed by atoms with Gasteiger partial charge in [0.25, 0.3) is 5.56 Å². The fourth-order valence-electron chi connectivity index (χ4n) is 3.02. The number of rotatable bonds is 11. The molecule has 2 heterocycles. The average molecular weight is 465 g/mol. The second kappa shape index (κ2) is 11.9. The zero-order valence-corrected chi connectivity index (χ0v) is 19.0. The van der Waals surface area contributed by atoms with Crippen molar-refractivity contribution in [3.05, 3.63) is 63.4 Å². The minimum absolute atomic E-state index is 0.205. The summed E-state index contributed by atoms with van der Waals surface area (Å²) in [6.07, 6.45) is 2.68. The predicted octanol–water partition coefficient (Wildman–Crippen LogP) is 2.47. The Kier molecular flexibility index (Phi) is 8.99. The summed E-state index contributed by atoms with van der Waals surface area (Å²) in [4.78, 5) is 37.6. The van der Waals surface area contributed by atoms with Crippen molar-refractivity contribution in [3.8, 4) is 5.75 Å².